The minimum atomic E-state index is -0.325. The summed E-state index contributed by atoms with van der Waals surface area (Å²) in [7, 11) is 1.92. The van der Waals surface area contributed by atoms with Gasteiger partial charge in [-0.3, -0.25) is 4.90 Å². The summed E-state index contributed by atoms with van der Waals surface area (Å²) in [6, 6.07) is 5.49. The lowest BCUT2D eigenvalue weighted by atomic mass is 9.80. The lowest BCUT2D eigenvalue weighted by molar-refractivity contribution is 0.274. The number of benzene rings is 1. The Labute approximate surface area is 153 Å². The van der Waals surface area contributed by atoms with Gasteiger partial charge >= 0.3 is 0 Å². The summed E-state index contributed by atoms with van der Waals surface area (Å²) >= 11 is 0. The average Bonchev–Trinajstić information content (AvgIpc) is 3.22. The molecule has 0 atom stereocenters. The van der Waals surface area contributed by atoms with E-state index in [1.807, 2.05) is 17.7 Å². The topological polar surface area (TPSA) is 69.2 Å². The van der Waals surface area contributed by atoms with Crippen molar-refractivity contribution >= 4 is 0 Å². The molecule has 6 nitrogen and oxygen atoms in total. The van der Waals surface area contributed by atoms with Gasteiger partial charge in [-0.1, -0.05) is 6.07 Å². The van der Waals surface area contributed by atoms with Gasteiger partial charge in [0.1, 0.15) is 12.4 Å². The number of aromatic nitrogens is 3. The molecule has 1 aliphatic carbocycles. The Bertz CT molecular complexity index is 765. The summed E-state index contributed by atoms with van der Waals surface area (Å²) in [6.45, 7) is 3.19. The third-order valence-corrected chi connectivity index (χ3v) is 5.50. The molecule has 2 aliphatic rings. The maximum atomic E-state index is 14.4. The van der Waals surface area contributed by atoms with Gasteiger partial charge in [-0.2, -0.15) is 0 Å². The van der Waals surface area contributed by atoms with Gasteiger partial charge in [-0.15, -0.1) is 10.2 Å². The van der Waals surface area contributed by atoms with E-state index in [0.717, 1.165) is 43.9 Å². The summed E-state index contributed by atoms with van der Waals surface area (Å²) in [5.74, 6) is 1.94. The highest BCUT2D eigenvalue weighted by atomic mass is 19.1. The van der Waals surface area contributed by atoms with Gasteiger partial charge in [0.25, 0.3) is 0 Å². The van der Waals surface area contributed by atoms with Crippen molar-refractivity contribution in [3.05, 3.63) is 41.2 Å². The van der Waals surface area contributed by atoms with Crippen molar-refractivity contribution in [2.24, 2.45) is 12.8 Å². The van der Waals surface area contributed by atoms with E-state index in [9.17, 15) is 4.39 Å². The van der Waals surface area contributed by atoms with Crippen molar-refractivity contribution in [2.45, 2.75) is 50.8 Å². The molecule has 4 rings (SSSR count). The first kappa shape index (κ1) is 17.4. The molecule has 1 saturated carbocycles. The van der Waals surface area contributed by atoms with E-state index in [2.05, 4.69) is 15.1 Å². The van der Waals surface area contributed by atoms with Crippen LogP contribution in [0.15, 0.2) is 18.2 Å². The largest absolute Gasteiger partial charge is 0.483 e. The molecule has 2 fully saturated rings. The van der Waals surface area contributed by atoms with Gasteiger partial charge in [0.05, 0.1) is 0 Å². The first-order valence-electron chi connectivity index (χ1n) is 9.37. The summed E-state index contributed by atoms with van der Waals surface area (Å²) in [6.07, 6.45) is 4.35. The first-order chi connectivity index (χ1) is 12.6. The van der Waals surface area contributed by atoms with Gasteiger partial charge < -0.3 is 15.0 Å². The predicted molar refractivity (Wildman–Crippen MR) is 96.2 cm³/mol. The number of nitrogens with zero attached hydrogens (tertiary/aromatic N) is 4. The molecule has 140 valence electrons. The van der Waals surface area contributed by atoms with E-state index in [1.165, 1.54) is 12.8 Å². The van der Waals surface area contributed by atoms with Gasteiger partial charge in [-0.05, 0) is 56.5 Å². The monoisotopic (exact) mass is 359 g/mol. The lowest BCUT2D eigenvalue weighted by Gasteiger charge is -2.31. The molecule has 0 unspecified atom stereocenters. The Morgan fingerprint density at radius 2 is 2.00 bits per heavy atom. The van der Waals surface area contributed by atoms with Crippen LogP contribution in [0, 0.1) is 5.82 Å². The van der Waals surface area contributed by atoms with Crippen LogP contribution in [-0.4, -0.2) is 38.8 Å². The Morgan fingerprint density at radius 1 is 1.23 bits per heavy atom. The maximum absolute atomic E-state index is 14.4. The van der Waals surface area contributed by atoms with Crippen LogP contribution in [0.1, 0.15) is 48.8 Å². The first-order valence-corrected chi connectivity index (χ1v) is 9.37. The zero-order valence-corrected chi connectivity index (χ0v) is 15.2. The Hall–Kier alpha value is -1.99. The van der Waals surface area contributed by atoms with E-state index >= 15 is 0 Å². The van der Waals surface area contributed by atoms with E-state index in [0.29, 0.717) is 11.7 Å². The molecule has 1 aromatic heterocycles. The van der Waals surface area contributed by atoms with Crippen LogP contribution in [0.2, 0.25) is 0 Å². The molecule has 2 aromatic rings. The molecule has 2 N–H and O–H groups in total. The molecule has 0 bridgehead atoms. The molecule has 0 radical (unpaired) electrons. The molecule has 7 heteroatoms. The van der Waals surface area contributed by atoms with Gasteiger partial charge in [0, 0.05) is 25.6 Å². The maximum Gasteiger partial charge on any atom is 0.170 e. The van der Waals surface area contributed by atoms with E-state index in [4.69, 9.17) is 10.5 Å². The molecule has 1 saturated heterocycles. The summed E-state index contributed by atoms with van der Waals surface area (Å²) in [5, 5.41) is 8.45. The van der Waals surface area contributed by atoms with E-state index < -0.39 is 0 Å². The van der Waals surface area contributed by atoms with Crippen LogP contribution in [0.5, 0.6) is 5.75 Å². The van der Waals surface area contributed by atoms with Crippen LogP contribution >= 0.6 is 0 Å². The quantitative estimate of drug-likeness (QED) is 0.857. The fourth-order valence-corrected chi connectivity index (χ4v) is 3.83. The zero-order chi connectivity index (χ0) is 18.1. The number of rotatable bonds is 6. The fourth-order valence-electron chi connectivity index (χ4n) is 3.83. The highest BCUT2D eigenvalue weighted by Crippen LogP contribution is 2.34. The zero-order valence-electron chi connectivity index (χ0n) is 15.2. The van der Waals surface area contributed by atoms with Crippen LogP contribution in [0.25, 0.3) is 0 Å². The smallest absolute Gasteiger partial charge is 0.170 e. The average molecular weight is 359 g/mol. The summed E-state index contributed by atoms with van der Waals surface area (Å²) in [4.78, 5) is 2.35. The molecular formula is C19H26FN5O. The number of halogens is 1. The van der Waals surface area contributed by atoms with Crippen molar-refractivity contribution < 1.29 is 9.13 Å². The van der Waals surface area contributed by atoms with Crippen LogP contribution in [0.4, 0.5) is 4.39 Å². The minimum absolute atomic E-state index is 0.199. The third-order valence-electron chi connectivity index (χ3n) is 5.50. The number of likely N-dealkylation sites (tertiary alicyclic amines) is 1. The molecule has 2 heterocycles. The molecule has 1 aliphatic heterocycles. The lowest BCUT2D eigenvalue weighted by Crippen LogP contribution is -2.36. The highest BCUT2D eigenvalue weighted by molar-refractivity contribution is 5.29. The molecule has 1 aromatic carbocycles. The predicted octanol–water partition coefficient (Wildman–Crippen LogP) is 2.33. The van der Waals surface area contributed by atoms with Gasteiger partial charge in [0.15, 0.2) is 17.4 Å². The number of ether oxygens (including phenoxy) is 1. The molecule has 0 amide bonds. The Morgan fingerprint density at radius 3 is 2.69 bits per heavy atom. The SMILES string of the molecule is Cn1c(COc2ccc(CN3CCCC3)cc2F)nnc1C1CC(N)C1. The van der Waals surface area contributed by atoms with Crippen molar-refractivity contribution in [3.8, 4) is 5.75 Å². The van der Waals surface area contributed by atoms with Gasteiger partial charge in [0.2, 0.25) is 0 Å². The van der Waals surface area contributed by atoms with Crippen molar-refractivity contribution in [2.75, 3.05) is 13.1 Å². The van der Waals surface area contributed by atoms with Gasteiger partial charge in [-0.25, -0.2) is 4.39 Å². The number of hydrogen-bond donors (Lipinski definition) is 1. The van der Waals surface area contributed by atoms with E-state index in [-0.39, 0.29) is 24.2 Å². The highest BCUT2D eigenvalue weighted by Gasteiger charge is 2.31. The Balaban J connectivity index is 1.37. The van der Waals surface area contributed by atoms with Crippen LogP contribution in [-0.2, 0) is 20.2 Å². The van der Waals surface area contributed by atoms with Crippen LogP contribution < -0.4 is 10.5 Å². The number of hydrogen-bond acceptors (Lipinski definition) is 5. The second-order valence-electron chi connectivity index (χ2n) is 7.50. The summed E-state index contributed by atoms with van der Waals surface area (Å²) < 4.78 is 22.0. The Kier molecular flexibility index (Phi) is 4.91. The molecule has 0 spiro atoms. The van der Waals surface area contributed by atoms with Crippen LogP contribution in [0.3, 0.4) is 0 Å². The second kappa shape index (κ2) is 7.32. The van der Waals surface area contributed by atoms with Crippen molar-refractivity contribution in [1.29, 1.82) is 0 Å². The summed E-state index contributed by atoms with van der Waals surface area (Å²) in [5.41, 5.74) is 6.84. The van der Waals surface area contributed by atoms with E-state index in [1.54, 1.807) is 12.1 Å². The van der Waals surface area contributed by atoms with Crippen molar-refractivity contribution in [1.82, 2.24) is 19.7 Å². The van der Waals surface area contributed by atoms with Crippen molar-refractivity contribution in [3.63, 3.8) is 0 Å². The molecule has 26 heavy (non-hydrogen) atoms. The second-order valence-corrected chi connectivity index (χ2v) is 7.50. The normalized spacial score (nSPS) is 23.2. The standard InChI is InChI=1S/C19H26FN5O/c1-24-18(22-23-19(24)14-9-15(21)10-14)12-26-17-5-4-13(8-16(17)20)11-25-6-2-3-7-25/h4-5,8,14-15H,2-3,6-7,9-12,21H2,1H3. The fraction of sp³-hybridized carbons (Fsp3) is 0.579. The third kappa shape index (κ3) is 3.59. The number of nitrogens with two attached hydrogens (primary N) is 1. The minimum Gasteiger partial charge on any atom is -0.483 e. The molecular weight excluding hydrogens is 333 g/mol.